The Balaban J connectivity index is 2.21. The third-order valence-electron chi connectivity index (χ3n) is 4.11. The van der Waals surface area contributed by atoms with Crippen molar-refractivity contribution in [2.45, 2.75) is 32.7 Å². The van der Waals surface area contributed by atoms with Crippen molar-refractivity contribution < 1.29 is 14.3 Å². The maximum absolute atomic E-state index is 12.8. The number of methoxy groups -OCH3 is 1. The molecule has 0 fully saturated rings. The fourth-order valence-electron chi connectivity index (χ4n) is 3.09. The van der Waals surface area contributed by atoms with Crippen molar-refractivity contribution in [2.75, 3.05) is 19.0 Å². The van der Waals surface area contributed by atoms with Gasteiger partial charge in [-0.25, -0.2) is 9.48 Å². The summed E-state index contributed by atoms with van der Waals surface area (Å²) >= 11 is 0. The number of carbonyl (C=O) groups excluding carboxylic acids is 1. The van der Waals surface area contributed by atoms with Crippen LogP contribution < -0.4 is 10.1 Å². The molecule has 1 aromatic heterocycles. The summed E-state index contributed by atoms with van der Waals surface area (Å²) < 4.78 is 12.6. The number of hydrogen-bond acceptors (Lipinski definition) is 6. The average Bonchev–Trinajstić information content (AvgIpc) is 3.09. The van der Waals surface area contributed by atoms with Gasteiger partial charge in [-0.1, -0.05) is 31.5 Å². The van der Waals surface area contributed by atoms with Crippen molar-refractivity contribution in [3.8, 4) is 5.75 Å². The van der Waals surface area contributed by atoms with E-state index in [1.54, 1.807) is 18.7 Å². The molecule has 1 N–H and O–H groups in total. The molecule has 0 saturated carbocycles. The Hall–Kier alpha value is -2.83. The summed E-state index contributed by atoms with van der Waals surface area (Å²) in [5, 5.41) is 7.55. The van der Waals surface area contributed by atoms with Gasteiger partial charge >= 0.3 is 5.97 Å². The van der Waals surface area contributed by atoms with Gasteiger partial charge in [0.25, 0.3) is 0 Å². The third kappa shape index (κ3) is 3.09. The number of fused-ring (bicyclic) bond motifs is 1. The molecule has 132 valence electrons. The van der Waals surface area contributed by atoms with Crippen LogP contribution in [-0.2, 0) is 9.53 Å². The largest absolute Gasteiger partial charge is 0.496 e. The van der Waals surface area contributed by atoms with Crippen molar-refractivity contribution in [1.82, 2.24) is 14.8 Å². The number of hydrogen-bond donors (Lipinski definition) is 1. The Morgan fingerprint density at radius 1 is 1.32 bits per heavy atom. The lowest BCUT2D eigenvalue weighted by Crippen LogP contribution is -2.30. The first-order valence-electron chi connectivity index (χ1n) is 8.40. The number of allylic oxidation sites excluding steroid dienone is 1. The van der Waals surface area contributed by atoms with E-state index in [0.29, 0.717) is 30.3 Å². The number of aromatic nitrogens is 3. The van der Waals surface area contributed by atoms with Gasteiger partial charge < -0.3 is 14.8 Å². The first-order chi connectivity index (χ1) is 12.2. The van der Waals surface area contributed by atoms with Crippen molar-refractivity contribution in [3.05, 3.63) is 47.4 Å². The zero-order chi connectivity index (χ0) is 17.8. The van der Waals surface area contributed by atoms with Crippen molar-refractivity contribution >= 4 is 11.9 Å². The molecule has 0 spiro atoms. The summed E-state index contributed by atoms with van der Waals surface area (Å²) in [6, 6.07) is 7.17. The predicted octanol–water partition coefficient (Wildman–Crippen LogP) is 2.92. The van der Waals surface area contributed by atoms with Gasteiger partial charge in [0.1, 0.15) is 18.1 Å². The number of anilines is 1. The van der Waals surface area contributed by atoms with Gasteiger partial charge in [0, 0.05) is 11.3 Å². The topological polar surface area (TPSA) is 78.3 Å². The van der Waals surface area contributed by atoms with Gasteiger partial charge in [0.05, 0.1) is 19.3 Å². The second-order valence-electron chi connectivity index (χ2n) is 5.66. The standard InChI is InChI=1S/C18H22N4O3/c1-4-8-13-15(17(23)25-5-2)16(22-18(21-13)19-11-20-22)12-9-6-7-10-14(12)24-3/h6-7,9-11,16H,4-5,8H2,1-3H3,(H,19,20,21)/t16-/m0/s1. The summed E-state index contributed by atoms with van der Waals surface area (Å²) in [5.41, 5.74) is 2.21. The molecule has 25 heavy (non-hydrogen) atoms. The van der Waals surface area contributed by atoms with Crippen molar-refractivity contribution in [3.63, 3.8) is 0 Å². The van der Waals surface area contributed by atoms with E-state index >= 15 is 0 Å². The number of carbonyl (C=O) groups is 1. The highest BCUT2D eigenvalue weighted by atomic mass is 16.5. The Morgan fingerprint density at radius 3 is 2.84 bits per heavy atom. The number of esters is 1. The Labute approximate surface area is 146 Å². The molecular formula is C18H22N4O3. The van der Waals surface area contributed by atoms with E-state index in [2.05, 4.69) is 22.3 Å². The second kappa shape index (κ2) is 7.38. The van der Waals surface area contributed by atoms with Crippen LogP contribution >= 0.6 is 0 Å². The molecule has 0 amide bonds. The zero-order valence-corrected chi connectivity index (χ0v) is 14.7. The van der Waals surface area contributed by atoms with Crippen LogP contribution in [0, 0.1) is 0 Å². The molecule has 3 rings (SSSR count). The van der Waals surface area contributed by atoms with Gasteiger partial charge in [0.15, 0.2) is 0 Å². The molecular weight excluding hydrogens is 320 g/mol. The van der Waals surface area contributed by atoms with Crippen LogP contribution in [0.15, 0.2) is 41.9 Å². The number of para-hydroxylation sites is 1. The van der Waals surface area contributed by atoms with Gasteiger partial charge in [-0.15, -0.1) is 0 Å². The first kappa shape index (κ1) is 17.0. The van der Waals surface area contributed by atoms with E-state index < -0.39 is 6.04 Å². The van der Waals surface area contributed by atoms with E-state index in [1.165, 1.54) is 6.33 Å². The summed E-state index contributed by atoms with van der Waals surface area (Å²) in [6.45, 7) is 4.17. The molecule has 0 aliphatic carbocycles. The smallest absolute Gasteiger partial charge is 0.338 e. The van der Waals surface area contributed by atoms with Crippen LogP contribution in [0.3, 0.4) is 0 Å². The minimum absolute atomic E-state index is 0.310. The van der Waals surface area contributed by atoms with E-state index in [0.717, 1.165) is 17.7 Å². The fourth-order valence-corrected chi connectivity index (χ4v) is 3.09. The average molecular weight is 342 g/mol. The minimum Gasteiger partial charge on any atom is -0.496 e. The van der Waals surface area contributed by atoms with Crippen LogP contribution in [0.1, 0.15) is 38.3 Å². The van der Waals surface area contributed by atoms with Crippen molar-refractivity contribution in [2.24, 2.45) is 0 Å². The van der Waals surface area contributed by atoms with Crippen molar-refractivity contribution in [1.29, 1.82) is 0 Å². The Morgan fingerprint density at radius 2 is 2.12 bits per heavy atom. The molecule has 0 radical (unpaired) electrons. The van der Waals surface area contributed by atoms with Crippen LogP contribution in [0.2, 0.25) is 0 Å². The number of ether oxygens (including phenoxy) is 2. The maximum atomic E-state index is 12.8. The molecule has 2 heterocycles. The molecule has 0 unspecified atom stereocenters. The van der Waals surface area contributed by atoms with Crippen LogP contribution in [0.5, 0.6) is 5.75 Å². The maximum Gasteiger partial charge on any atom is 0.338 e. The number of nitrogens with zero attached hydrogens (tertiary/aromatic N) is 3. The van der Waals surface area contributed by atoms with Gasteiger partial charge in [0.2, 0.25) is 5.95 Å². The lowest BCUT2D eigenvalue weighted by atomic mass is 9.93. The lowest BCUT2D eigenvalue weighted by molar-refractivity contribution is -0.139. The molecule has 7 heteroatoms. The second-order valence-corrected chi connectivity index (χ2v) is 5.66. The molecule has 1 aromatic carbocycles. The normalized spacial score (nSPS) is 16.2. The van der Waals surface area contributed by atoms with Crippen LogP contribution in [0.4, 0.5) is 5.95 Å². The zero-order valence-electron chi connectivity index (χ0n) is 14.7. The van der Waals surface area contributed by atoms with E-state index in [-0.39, 0.29) is 5.97 Å². The van der Waals surface area contributed by atoms with Gasteiger partial charge in [-0.2, -0.15) is 10.1 Å². The highest BCUT2D eigenvalue weighted by Crippen LogP contribution is 2.39. The monoisotopic (exact) mass is 342 g/mol. The van der Waals surface area contributed by atoms with Crippen LogP contribution in [-0.4, -0.2) is 34.5 Å². The molecule has 1 atom stereocenters. The lowest BCUT2D eigenvalue weighted by Gasteiger charge is -2.30. The number of rotatable bonds is 6. The summed E-state index contributed by atoms with van der Waals surface area (Å²) in [7, 11) is 1.61. The SMILES string of the molecule is CCCC1=C(C(=O)OCC)[C@H](c2ccccc2OC)n2ncnc2N1. The van der Waals surface area contributed by atoms with E-state index in [9.17, 15) is 4.79 Å². The number of nitrogens with one attached hydrogen (secondary N) is 1. The summed E-state index contributed by atoms with van der Waals surface area (Å²) in [4.78, 5) is 17.0. The fraction of sp³-hybridized carbons (Fsp3) is 0.389. The number of benzene rings is 1. The van der Waals surface area contributed by atoms with Crippen LogP contribution in [0.25, 0.3) is 0 Å². The highest BCUT2D eigenvalue weighted by molar-refractivity contribution is 5.92. The van der Waals surface area contributed by atoms with E-state index in [1.807, 2.05) is 24.3 Å². The third-order valence-corrected chi connectivity index (χ3v) is 4.11. The highest BCUT2D eigenvalue weighted by Gasteiger charge is 2.36. The molecule has 1 aliphatic rings. The van der Waals surface area contributed by atoms with E-state index in [4.69, 9.17) is 9.47 Å². The molecule has 0 bridgehead atoms. The quantitative estimate of drug-likeness (QED) is 0.813. The molecule has 2 aromatic rings. The first-order valence-corrected chi connectivity index (χ1v) is 8.40. The minimum atomic E-state index is -0.449. The summed E-state index contributed by atoms with van der Waals surface area (Å²) in [6.07, 6.45) is 3.08. The molecule has 0 saturated heterocycles. The van der Waals surface area contributed by atoms with Gasteiger partial charge in [-0.3, -0.25) is 0 Å². The Kier molecular flexibility index (Phi) is 5.02. The predicted molar refractivity (Wildman–Crippen MR) is 93.3 cm³/mol. The molecule has 7 nitrogen and oxygen atoms in total. The summed E-state index contributed by atoms with van der Waals surface area (Å²) in [5.74, 6) is 0.941. The Bertz CT molecular complexity index is 797. The molecule has 1 aliphatic heterocycles. The van der Waals surface area contributed by atoms with Gasteiger partial charge in [-0.05, 0) is 19.4 Å².